The number of carbonyl (C=O) groups excluding carboxylic acids is 2. The molecule has 7 nitrogen and oxygen atoms in total. The molecule has 4 aromatic rings. The number of thioether (sulfide) groups is 1. The van der Waals surface area contributed by atoms with Gasteiger partial charge in [-0.2, -0.15) is 11.8 Å². The molecule has 0 aromatic heterocycles. The molecule has 2 aliphatic rings. The Morgan fingerprint density at radius 1 is 0.902 bits per heavy atom. The number of hydrogen-bond donors (Lipinski definition) is 2. The zero-order valence-electron chi connectivity index (χ0n) is 22.5. The van der Waals surface area contributed by atoms with E-state index in [0.717, 1.165) is 21.9 Å². The van der Waals surface area contributed by atoms with Crippen molar-refractivity contribution in [3.8, 4) is 11.5 Å². The predicted molar refractivity (Wildman–Crippen MR) is 159 cm³/mol. The van der Waals surface area contributed by atoms with Gasteiger partial charge in [0.1, 0.15) is 17.0 Å². The zero-order chi connectivity index (χ0) is 28.6. The molecule has 2 N–H and O–H groups in total. The van der Waals surface area contributed by atoms with Crippen LogP contribution in [-0.2, 0) is 20.9 Å². The van der Waals surface area contributed by atoms with E-state index in [0.29, 0.717) is 17.3 Å². The minimum absolute atomic E-state index is 0.0980. The summed E-state index contributed by atoms with van der Waals surface area (Å²) < 4.78 is 5.93. The second kappa shape index (κ2) is 11.0. The lowest BCUT2D eigenvalue weighted by Gasteiger charge is -2.31. The fourth-order valence-electron chi connectivity index (χ4n) is 6.27. The van der Waals surface area contributed by atoms with Gasteiger partial charge in [0.05, 0.1) is 18.4 Å². The van der Waals surface area contributed by atoms with Crippen LogP contribution in [0.3, 0.4) is 0 Å². The van der Waals surface area contributed by atoms with E-state index in [9.17, 15) is 19.5 Å². The number of aliphatic carboxylic acids is 1. The van der Waals surface area contributed by atoms with Gasteiger partial charge in [0.15, 0.2) is 0 Å². The number of amides is 2. The van der Waals surface area contributed by atoms with Gasteiger partial charge >= 0.3 is 5.97 Å². The topological polar surface area (TPSA) is 95.9 Å². The van der Waals surface area contributed by atoms with Crippen LogP contribution in [0.25, 0.3) is 10.8 Å². The summed E-state index contributed by atoms with van der Waals surface area (Å²) in [5.74, 6) is -1.89. The van der Waals surface area contributed by atoms with Gasteiger partial charge in [-0.05, 0) is 64.6 Å². The van der Waals surface area contributed by atoms with Gasteiger partial charge < -0.3 is 9.84 Å². The van der Waals surface area contributed by atoms with E-state index in [4.69, 9.17) is 4.74 Å². The Morgan fingerprint density at radius 2 is 1.59 bits per heavy atom. The van der Waals surface area contributed by atoms with E-state index < -0.39 is 35.3 Å². The molecular formula is C33H30N2O5S. The van der Waals surface area contributed by atoms with Crippen molar-refractivity contribution in [1.29, 1.82) is 0 Å². The summed E-state index contributed by atoms with van der Waals surface area (Å²) in [4.78, 5) is 42.3. The number of benzene rings is 4. The van der Waals surface area contributed by atoms with Gasteiger partial charge in [0.2, 0.25) is 11.8 Å². The third-order valence-corrected chi connectivity index (χ3v) is 8.87. The highest BCUT2D eigenvalue weighted by Gasteiger charge is 2.68. The highest BCUT2D eigenvalue weighted by molar-refractivity contribution is 7.98. The summed E-state index contributed by atoms with van der Waals surface area (Å²) in [6, 6.07) is 29.7. The molecule has 2 heterocycles. The number of carboxylic acid groups (broad SMARTS) is 1. The maximum absolute atomic E-state index is 14.1. The molecule has 0 bridgehead atoms. The molecule has 4 aromatic carbocycles. The van der Waals surface area contributed by atoms with Gasteiger partial charge in [-0.1, -0.05) is 72.8 Å². The number of nitrogens with zero attached hydrogens (tertiary/aromatic N) is 1. The number of para-hydroxylation sites is 1. The van der Waals surface area contributed by atoms with Crippen LogP contribution in [0, 0.1) is 11.8 Å². The maximum atomic E-state index is 14.1. The lowest BCUT2D eigenvalue weighted by molar-refractivity contribution is -0.151. The van der Waals surface area contributed by atoms with Crippen molar-refractivity contribution in [3.63, 3.8) is 0 Å². The first kappa shape index (κ1) is 27.1. The van der Waals surface area contributed by atoms with Crippen molar-refractivity contribution in [2.75, 3.05) is 12.0 Å². The van der Waals surface area contributed by atoms with E-state index in [2.05, 4.69) is 5.32 Å². The maximum Gasteiger partial charge on any atom is 0.324 e. The van der Waals surface area contributed by atoms with Crippen LogP contribution in [0.2, 0.25) is 0 Å². The van der Waals surface area contributed by atoms with Gasteiger partial charge in [0.25, 0.3) is 0 Å². The minimum Gasteiger partial charge on any atom is -0.480 e. The van der Waals surface area contributed by atoms with Crippen LogP contribution in [0.15, 0.2) is 97.1 Å². The number of nitrogens with one attached hydrogen (secondary N) is 1. The van der Waals surface area contributed by atoms with E-state index in [1.807, 2.05) is 91.2 Å². The van der Waals surface area contributed by atoms with Crippen molar-refractivity contribution in [2.24, 2.45) is 11.8 Å². The molecule has 0 saturated carbocycles. The van der Waals surface area contributed by atoms with Crippen LogP contribution in [-0.4, -0.2) is 45.3 Å². The summed E-state index contributed by atoms with van der Waals surface area (Å²) in [7, 11) is 0. The molecule has 6 rings (SSSR count). The van der Waals surface area contributed by atoms with Crippen LogP contribution in [0.1, 0.15) is 23.6 Å². The number of imide groups is 1. The van der Waals surface area contributed by atoms with Gasteiger partial charge in [-0.3, -0.25) is 24.6 Å². The smallest absolute Gasteiger partial charge is 0.324 e. The average molecular weight is 567 g/mol. The Labute approximate surface area is 242 Å². The quantitative estimate of drug-likeness (QED) is 0.253. The summed E-state index contributed by atoms with van der Waals surface area (Å²) in [6.45, 7) is 0.0980. The van der Waals surface area contributed by atoms with Gasteiger partial charge in [0, 0.05) is 6.04 Å². The van der Waals surface area contributed by atoms with E-state index in [1.54, 1.807) is 12.1 Å². The first-order chi connectivity index (χ1) is 19.9. The molecule has 4 atom stereocenters. The van der Waals surface area contributed by atoms with Crippen molar-refractivity contribution < 1.29 is 24.2 Å². The lowest BCUT2D eigenvalue weighted by atomic mass is 9.78. The van der Waals surface area contributed by atoms with E-state index in [-0.39, 0.29) is 18.9 Å². The normalized spacial score (nSPS) is 23.6. The molecular weight excluding hydrogens is 536 g/mol. The molecule has 2 saturated heterocycles. The Morgan fingerprint density at radius 3 is 2.32 bits per heavy atom. The second-order valence-corrected chi connectivity index (χ2v) is 11.5. The van der Waals surface area contributed by atoms with Crippen LogP contribution >= 0.6 is 11.8 Å². The summed E-state index contributed by atoms with van der Waals surface area (Å²) in [5.41, 5.74) is 0.0280. The van der Waals surface area contributed by atoms with E-state index in [1.165, 1.54) is 16.7 Å². The number of fused-ring (bicyclic) bond motifs is 2. The monoisotopic (exact) mass is 566 g/mol. The molecule has 4 unspecified atom stereocenters. The lowest BCUT2D eigenvalue weighted by Crippen LogP contribution is -2.56. The number of likely N-dealkylation sites (tertiary alicyclic amines) is 1. The first-order valence-electron chi connectivity index (χ1n) is 13.6. The molecule has 8 heteroatoms. The van der Waals surface area contributed by atoms with Gasteiger partial charge in [-0.15, -0.1) is 0 Å². The minimum atomic E-state index is -1.56. The van der Waals surface area contributed by atoms with Crippen molar-refractivity contribution in [2.45, 2.75) is 24.5 Å². The third-order valence-electron chi connectivity index (χ3n) is 8.25. The fraction of sp³-hybridized carbons (Fsp3) is 0.242. The Hall–Kier alpha value is -4.14. The first-order valence-corrected chi connectivity index (χ1v) is 15.0. The molecule has 2 aliphatic heterocycles. The van der Waals surface area contributed by atoms with E-state index >= 15 is 0 Å². The third kappa shape index (κ3) is 4.77. The Balaban J connectivity index is 1.36. The van der Waals surface area contributed by atoms with Crippen molar-refractivity contribution in [1.82, 2.24) is 10.2 Å². The number of rotatable bonds is 9. The molecule has 2 amide bonds. The predicted octanol–water partition coefficient (Wildman–Crippen LogP) is 5.65. The fourth-order valence-corrected chi connectivity index (χ4v) is 6.80. The average Bonchev–Trinajstić information content (AvgIpc) is 3.47. The van der Waals surface area contributed by atoms with Gasteiger partial charge in [-0.25, -0.2) is 0 Å². The number of carboxylic acids is 1. The summed E-state index contributed by atoms with van der Waals surface area (Å²) >= 11 is 1.52. The Bertz CT molecular complexity index is 1600. The van der Waals surface area contributed by atoms with Crippen LogP contribution in [0.5, 0.6) is 11.5 Å². The second-order valence-electron chi connectivity index (χ2n) is 10.5. The number of ether oxygens (including phenoxy) is 1. The molecule has 0 radical (unpaired) electrons. The highest BCUT2D eigenvalue weighted by atomic mass is 32.2. The molecule has 0 spiro atoms. The summed E-state index contributed by atoms with van der Waals surface area (Å²) in [5, 5.41) is 15.8. The van der Waals surface area contributed by atoms with Crippen molar-refractivity contribution in [3.05, 3.63) is 108 Å². The summed E-state index contributed by atoms with van der Waals surface area (Å²) in [6.07, 6.45) is 2.12. The zero-order valence-corrected chi connectivity index (χ0v) is 23.3. The SMILES string of the molecule is CSCCC1(C(=O)O)NC(c2ccc(Oc3ccccc3)cc2)C2C(=O)N(Cc3cccc4ccccc34)C(=O)C21. The van der Waals surface area contributed by atoms with Crippen LogP contribution in [0.4, 0.5) is 0 Å². The highest BCUT2D eigenvalue weighted by Crippen LogP contribution is 2.51. The Kier molecular flexibility index (Phi) is 7.28. The number of hydrogen-bond acceptors (Lipinski definition) is 6. The molecule has 2 fully saturated rings. The molecule has 41 heavy (non-hydrogen) atoms. The van der Waals surface area contributed by atoms with Crippen LogP contribution < -0.4 is 10.1 Å². The van der Waals surface area contributed by atoms with Crippen molar-refractivity contribution >= 4 is 40.3 Å². The number of carbonyl (C=O) groups is 3. The molecule has 208 valence electrons. The standard InChI is InChI=1S/C33H30N2O5S/c1-41-19-18-33(32(38)39)28-27(29(34-33)22-14-16-25(17-15-22)40-24-11-3-2-4-12-24)30(36)35(31(28)37)20-23-10-7-9-21-8-5-6-13-26(21)23/h2-17,27-29,34H,18-20H2,1H3,(H,38,39). The molecule has 0 aliphatic carbocycles. The largest absolute Gasteiger partial charge is 0.480 e.